The highest BCUT2D eigenvalue weighted by Gasteiger charge is 2.43. The number of ether oxygens (including phenoxy) is 3. The predicted molar refractivity (Wildman–Crippen MR) is 139 cm³/mol. The number of amides is 1. The molecule has 1 amide bonds. The van der Waals surface area contributed by atoms with Crippen molar-refractivity contribution in [3.63, 3.8) is 0 Å². The Bertz CT molecular complexity index is 1590. The first-order valence-electron chi connectivity index (χ1n) is 12.3. The number of nitrogen functional groups attached to an aromatic ring is 1. The van der Waals surface area contributed by atoms with Crippen LogP contribution in [0, 0.1) is 13.8 Å². The van der Waals surface area contributed by atoms with Gasteiger partial charge in [0, 0.05) is 23.4 Å². The number of para-hydroxylation sites is 1. The number of carbonyl (C=O) groups is 1. The normalized spacial score (nSPS) is 18.0. The molecule has 0 radical (unpaired) electrons. The van der Waals surface area contributed by atoms with Crippen LogP contribution in [0.3, 0.4) is 0 Å². The van der Waals surface area contributed by atoms with E-state index in [4.69, 9.17) is 19.9 Å². The molecule has 0 fully saturated rings. The van der Waals surface area contributed by atoms with Gasteiger partial charge in [-0.25, -0.2) is 4.98 Å². The van der Waals surface area contributed by atoms with Crippen molar-refractivity contribution in [1.29, 1.82) is 0 Å². The lowest BCUT2D eigenvalue weighted by Gasteiger charge is -2.18. The summed E-state index contributed by atoms with van der Waals surface area (Å²) < 4.78 is 17.7. The van der Waals surface area contributed by atoms with E-state index in [1.54, 1.807) is 0 Å². The number of nitrogens with zero attached hydrogens (tertiary/aromatic N) is 1. The Morgan fingerprint density at radius 2 is 1.76 bits per heavy atom. The second-order valence-corrected chi connectivity index (χ2v) is 9.73. The Morgan fingerprint density at radius 3 is 2.59 bits per heavy atom. The Labute approximate surface area is 214 Å². The fourth-order valence-corrected chi connectivity index (χ4v) is 5.74. The molecule has 4 heterocycles. The van der Waals surface area contributed by atoms with E-state index in [1.165, 1.54) is 5.56 Å². The lowest BCUT2D eigenvalue weighted by atomic mass is 9.83. The molecule has 1 aromatic heterocycles. The summed E-state index contributed by atoms with van der Waals surface area (Å²) >= 11 is 0. The van der Waals surface area contributed by atoms with E-state index in [-0.39, 0.29) is 24.9 Å². The number of nitrogens with two attached hydrogens (primary N) is 1. The highest BCUT2D eigenvalue weighted by molar-refractivity contribution is 5.94. The van der Waals surface area contributed by atoms with Crippen LogP contribution < -0.4 is 20.5 Å². The van der Waals surface area contributed by atoms with Gasteiger partial charge in [0.1, 0.15) is 18.0 Å². The molecule has 3 aromatic carbocycles. The van der Waals surface area contributed by atoms with Gasteiger partial charge in [-0.1, -0.05) is 30.3 Å². The first-order valence-corrected chi connectivity index (χ1v) is 12.3. The lowest BCUT2D eigenvalue weighted by molar-refractivity contribution is 0.0857. The summed E-state index contributed by atoms with van der Waals surface area (Å²) in [5.41, 5.74) is 15.8. The molecule has 3 N–H and O–H groups in total. The van der Waals surface area contributed by atoms with E-state index in [1.807, 2.05) is 56.3 Å². The number of fused-ring (bicyclic) bond motifs is 9. The van der Waals surface area contributed by atoms with Gasteiger partial charge in [-0.3, -0.25) is 4.79 Å². The summed E-state index contributed by atoms with van der Waals surface area (Å²) in [4.78, 5) is 17.4. The maximum absolute atomic E-state index is 13.1. The summed E-state index contributed by atoms with van der Waals surface area (Å²) in [5.74, 6) is 1.89. The molecule has 0 saturated heterocycles. The summed E-state index contributed by atoms with van der Waals surface area (Å²) in [6.07, 6.45) is -0.323. The second-order valence-electron chi connectivity index (χ2n) is 9.73. The number of rotatable bonds is 4. The number of nitrogens with one attached hydrogen (secondary N) is 1. The quantitative estimate of drug-likeness (QED) is 0.411. The standard InChI is InChI=1S/C30H25N3O4/c1-15-10-26(31)33-16(2)24(15)13-32-30(34)18-7-9-21-23(12-18)28-22-11-17(6-8-20(22)27(21)37-28)19-4-3-5-25-29(19)36-14-35-25/h3-12,27-28H,13-14H2,1-2H3,(H2,31,33)(H,32,34). The molecule has 0 spiro atoms. The summed E-state index contributed by atoms with van der Waals surface area (Å²) in [7, 11) is 0. The van der Waals surface area contributed by atoms with Crippen molar-refractivity contribution < 1.29 is 19.0 Å². The second kappa shape index (κ2) is 8.08. The maximum Gasteiger partial charge on any atom is 0.251 e. The molecular weight excluding hydrogens is 466 g/mol. The van der Waals surface area contributed by atoms with Crippen LogP contribution in [0.1, 0.15) is 61.6 Å². The number of anilines is 1. The summed E-state index contributed by atoms with van der Waals surface area (Å²) in [5, 5.41) is 3.04. The maximum atomic E-state index is 13.1. The molecule has 7 heteroatoms. The zero-order chi connectivity index (χ0) is 25.3. The summed E-state index contributed by atoms with van der Waals surface area (Å²) in [6.45, 7) is 4.51. The van der Waals surface area contributed by atoms with Gasteiger partial charge in [0.15, 0.2) is 11.5 Å². The minimum Gasteiger partial charge on any atom is -0.454 e. The zero-order valence-corrected chi connectivity index (χ0v) is 20.5. The number of aromatic nitrogens is 1. The first kappa shape index (κ1) is 21.9. The molecule has 37 heavy (non-hydrogen) atoms. The molecule has 7 rings (SSSR count). The Morgan fingerprint density at radius 1 is 0.973 bits per heavy atom. The van der Waals surface area contributed by atoms with Crippen molar-refractivity contribution in [2.24, 2.45) is 0 Å². The third-order valence-electron chi connectivity index (χ3n) is 7.55. The minimum atomic E-state index is -0.206. The van der Waals surface area contributed by atoms with Crippen LogP contribution in [0.4, 0.5) is 5.82 Å². The zero-order valence-electron chi connectivity index (χ0n) is 20.5. The average Bonchev–Trinajstić information content (AvgIpc) is 3.61. The molecule has 184 valence electrons. The van der Waals surface area contributed by atoms with Gasteiger partial charge in [-0.15, -0.1) is 0 Å². The highest BCUT2D eigenvalue weighted by atomic mass is 16.7. The molecule has 2 unspecified atom stereocenters. The Balaban J connectivity index is 1.16. The van der Waals surface area contributed by atoms with Crippen LogP contribution in [0.15, 0.2) is 60.7 Å². The van der Waals surface area contributed by atoms with Crippen molar-refractivity contribution in [1.82, 2.24) is 10.3 Å². The Kier molecular flexibility index (Phi) is 4.78. The molecule has 7 nitrogen and oxygen atoms in total. The SMILES string of the molecule is Cc1cc(N)nc(C)c1CNC(=O)c1ccc2c(c1)C1OC2c2ccc(-c3cccc4c3OCO4)cc21. The topological polar surface area (TPSA) is 95.7 Å². The van der Waals surface area contributed by atoms with Crippen LogP contribution in [-0.2, 0) is 11.3 Å². The van der Waals surface area contributed by atoms with Crippen molar-refractivity contribution in [2.45, 2.75) is 32.6 Å². The van der Waals surface area contributed by atoms with E-state index in [9.17, 15) is 4.79 Å². The molecule has 2 atom stereocenters. The van der Waals surface area contributed by atoms with Gasteiger partial charge in [0.25, 0.3) is 5.91 Å². The molecule has 3 aliphatic rings. The molecule has 0 saturated carbocycles. The first-order chi connectivity index (χ1) is 18.0. The lowest BCUT2D eigenvalue weighted by Crippen LogP contribution is -2.24. The van der Waals surface area contributed by atoms with Crippen LogP contribution in [-0.4, -0.2) is 17.7 Å². The van der Waals surface area contributed by atoms with Crippen molar-refractivity contribution in [3.8, 4) is 22.6 Å². The third-order valence-corrected chi connectivity index (χ3v) is 7.55. The minimum absolute atomic E-state index is 0.117. The Hall–Kier alpha value is -4.36. The smallest absolute Gasteiger partial charge is 0.251 e. The van der Waals surface area contributed by atoms with Gasteiger partial charge >= 0.3 is 0 Å². The molecule has 3 aliphatic heterocycles. The van der Waals surface area contributed by atoms with Gasteiger partial charge in [-0.05, 0) is 83.1 Å². The van der Waals surface area contributed by atoms with Crippen molar-refractivity contribution in [2.75, 3.05) is 12.5 Å². The van der Waals surface area contributed by atoms with Crippen LogP contribution in [0.25, 0.3) is 11.1 Å². The van der Waals surface area contributed by atoms with E-state index in [0.29, 0.717) is 17.9 Å². The summed E-state index contributed by atoms with van der Waals surface area (Å²) in [6, 6.07) is 20.0. The van der Waals surface area contributed by atoms with Crippen molar-refractivity contribution >= 4 is 11.7 Å². The van der Waals surface area contributed by atoms with Crippen LogP contribution in [0.5, 0.6) is 11.5 Å². The number of hydrogen-bond acceptors (Lipinski definition) is 6. The highest BCUT2D eigenvalue weighted by Crippen LogP contribution is 2.55. The largest absolute Gasteiger partial charge is 0.454 e. The monoisotopic (exact) mass is 491 g/mol. The van der Waals surface area contributed by atoms with Crippen LogP contribution in [0.2, 0.25) is 0 Å². The average molecular weight is 492 g/mol. The molecular formula is C30H25N3O4. The van der Waals surface area contributed by atoms with E-state index in [0.717, 1.165) is 56.1 Å². The number of carbonyl (C=O) groups excluding carboxylic acids is 1. The van der Waals surface area contributed by atoms with Gasteiger partial charge in [0.05, 0.1) is 0 Å². The number of pyridine rings is 1. The van der Waals surface area contributed by atoms with E-state index < -0.39 is 0 Å². The fourth-order valence-electron chi connectivity index (χ4n) is 5.74. The number of hydrogen-bond donors (Lipinski definition) is 2. The van der Waals surface area contributed by atoms with Crippen molar-refractivity contribution in [3.05, 3.63) is 105 Å². The van der Waals surface area contributed by atoms with Gasteiger partial charge in [-0.2, -0.15) is 0 Å². The van der Waals surface area contributed by atoms with E-state index in [2.05, 4.69) is 28.5 Å². The number of benzene rings is 3. The molecule has 0 aliphatic carbocycles. The van der Waals surface area contributed by atoms with Gasteiger partial charge < -0.3 is 25.3 Å². The predicted octanol–water partition coefficient (Wildman–Crippen LogP) is 5.13. The number of aryl methyl sites for hydroxylation is 2. The third kappa shape index (κ3) is 3.38. The van der Waals surface area contributed by atoms with Gasteiger partial charge in [0.2, 0.25) is 6.79 Å². The fraction of sp³-hybridized carbons (Fsp3) is 0.200. The van der Waals surface area contributed by atoms with E-state index >= 15 is 0 Å². The van der Waals surface area contributed by atoms with Crippen LogP contribution >= 0.6 is 0 Å². The molecule has 2 bridgehead atoms. The molecule has 4 aromatic rings.